The Morgan fingerprint density at radius 1 is 0.865 bits per heavy atom. The molecule has 0 spiro atoms. The van der Waals surface area contributed by atoms with Crippen molar-refractivity contribution in [3.05, 3.63) is 66.2 Å². The summed E-state index contributed by atoms with van der Waals surface area (Å²) in [5, 5.41) is 0.432. The van der Waals surface area contributed by atoms with Crippen molar-refractivity contribution in [2.75, 3.05) is 40.4 Å². The van der Waals surface area contributed by atoms with Crippen molar-refractivity contribution in [3.8, 4) is 23.0 Å². The molecule has 1 aliphatic rings. The number of methoxy groups -OCH3 is 2. The highest BCUT2D eigenvalue weighted by molar-refractivity contribution is 6.45. The predicted octanol–water partition coefficient (Wildman–Crippen LogP) is 2.20. The van der Waals surface area contributed by atoms with E-state index in [4.69, 9.17) is 9.47 Å². The van der Waals surface area contributed by atoms with Gasteiger partial charge in [0.15, 0.2) is 0 Å². The highest BCUT2D eigenvalue weighted by atomic mass is 16.5. The van der Waals surface area contributed by atoms with Gasteiger partial charge in [0.25, 0.3) is 17.6 Å². The molecule has 0 saturated carbocycles. The number of hydrogen-bond donors (Lipinski definition) is 1. The molecule has 1 fully saturated rings. The van der Waals surface area contributed by atoms with E-state index in [1.807, 2.05) is 18.2 Å². The van der Waals surface area contributed by atoms with Gasteiger partial charge in [-0.1, -0.05) is 18.2 Å². The maximum absolute atomic E-state index is 13.3. The molecular formula is C26H24N6O5. The number of pyridine rings is 1. The molecule has 2 amide bonds. The van der Waals surface area contributed by atoms with Gasteiger partial charge in [-0.2, -0.15) is 0 Å². The Hall–Kier alpha value is -4.80. The maximum Gasteiger partial charge on any atom is 0.295 e. The Labute approximate surface area is 212 Å². The molecular weight excluding hydrogens is 476 g/mol. The van der Waals surface area contributed by atoms with Gasteiger partial charge in [-0.25, -0.2) is 15.0 Å². The minimum Gasteiger partial charge on any atom is -0.494 e. The van der Waals surface area contributed by atoms with Gasteiger partial charge in [-0.05, 0) is 12.1 Å². The number of carbonyl (C=O) groups excluding carboxylic acids is 3. The number of piperazine rings is 1. The summed E-state index contributed by atoms with van der Waals surface area (Å²) in [7, 11) is 2.96. The first kappa shape index (κ1) is 23.9. The average molecular weight is 501 g/mol. The van der Waals surface area contributed by atoms with E-state index in [9.17, 15) is 14.4 Å². The van der Waals surface area contributed by atoms with Gasteiger partial charge in [-0.15, -0.1) is 0 Å². The molecule has 11 heteroatoms. The van der Waals surface area contributed by atoms with Crippen LogP contribution in [-0.2, 0) is 4.79 Å². The fourth-order valence-electron chi connectivity index (χ4n) is 4.32. The number of rotatable bonds is 6. The molecule has 1 saturated heterocycles. The highest BCUT2D eigenvalue weighted by Gasteiger charge is 2.31. The second-order valence-electron chi connectivity index (χ2n) is 8.35. The van der Waals surface area contributed by atoms with Crippen LogP contribution in [0.2, 0.25) is 0 Å². The minimum absolute atomic E-state index is 0.0953. The lowest BCUT2D eigenvalue weighted by Gasteiger charge is -2.34. The summed E-state index contributed by atoms with van der Waals surface area (Å²) in [4.78, 5) is 58.4. The number of nitrogens with zero attached hydrogens (tertiary/aromatic N) is 5. The van der Waals surface area contributed by atoms with Crippen LogP contribution >= 0.6 is 0 Å². The SMILES string of the molecule is COc1cnc(-c2ncc(OC)c3c(C(=O)C(=O)N4CCN(C(=O)c5ccccc5)CC4)c[nH]c23)cn1. The summed E-state index contributed by atoms with van der Waals surface area (Å²) in [6.45, 7) is 1.20. The fraction of sp³-hybridized carbons (Fsp3) is 0.231. The molecule has 11 nitrogen and oxygen atoms in total. The molecule has 3 aromatic heterocycles. The molecule has 0 unspecified atom stereocenters. The zero-order valence-electron chi connectivity index (χ0n) is 20.3. The lowest BCUT2D eigenvalue weighted by atomic mass is 10.1. The number of amides is 2. The molecule has 1 aromatic carbocycles. The van der Waals surface area contributed by atoms with Crippen LogP contribution in [0, 0.1) is 0 Å². The number of benzene rings is 1. The molecule has 4 aromatic rings. The van der Waals surface area contributed by atoms with Crippen molar-refractivity contribution in [1.82, 2.24) is 29.7 Å². The van der Waals surface area contributed by atoms with Gasteiger partial charge in [0.05, 0.1) is 49.3 Å². The number of ketones is 1. The third kappa shape index (κ3) is 4.46. The van der Waals surface area contributed by atoms with E-state index in [1.54, 1.807) is 17.0 Å². The van der Waals surface area contributed by atoms with Crippen LogP contribution < -0.4 is 9.47 Å². The van der Waals surface area contributed by atoms with Crippen LogP contribution in [0.15, 0.2) is 55.1 Å². The van der Waals surface area contributed by atoms with E-state index in [0.717, 1.165) is 0 Å². The Morgan fingerprint density at radius 2 is 1.59 bits per heavy atom. The Morgan fingerprint density at radius 3 is 2.24 bits per heavy atom. The Balaban J connectivity index is 1.37. The van der Waals surface area contributed by atoms with Crippen LogP contribution in [0.25, 0.3) is 22.3 Å². The third-order valence-electron chi connectivity index (χ3n) is 6.29. The van der Waals surface area contributed by atoms with Gasteiger partial charge in [-0.3, -0.25) is 14.4 Å². The zero-order chi connectivity index (χ0) is 25.9. The first-order chi connectivity index (χ1) is 18.0. The summed E-state index contributed by atoms with van der Waals surface area (Å²) in [5.74, 6) is -0.715. The number of nitrogens with one attached hydrogen (secondary N) is 1. The van der Waals surface area contributed by atoms with Crippen LogP contribution in [0.3, 0.4) is 0 Å². The molecule has 0 radical (unpaired) electrons. The van der Waals surface area contributed by atoms with Crippen LogP contribution in [0.4, 0.5) is 0 Å². The van der Waals surface area contributed by atoms with Gasteiger partial charge in [0, 0.05) is 37.9 Å². The zero-order valence-corrected chi connectivity index (χ0v) is 20.3. The lowest BCUT2D eigenvalue weighted by molar-refractivity contribution is -0.127. The number of ether oxygens (including phenoxy) is 2. The van der Waals surface area contributed by atoms with Crippen molar-refractivity contribution in [1.29, 1.82) is 0 Å². The smallest absolute Gasteiger partial charge is 0.295 e. The first-order valence-corrected chi connectivity index (χ1v) is 11.6. The first-order valence-electron chi connectivity index (χ1n) is 11.6. The normalized spacial score (nSPS) is 13.5. The summed E-state index contributed by atoms with van der Waals surface area (Å²) in [5.41, 5.74) is 2.17. The summed E-state index contributed by atoms with van der Waals surface area (Å²) >= 11 is 0. The van der Waals surface area contributed by atoms with Gasteiger partial charge >= 0.3 is 0 Å². The number of fused-ring (bicyclic) bond motifs is 1. The Kier molecular flexibility index (Phi) is 6.50. The molecule has 0 bridgehead atoms. The van der Waals surface area contributed by atoms with Crippen LogP contribution in [-0.4, -0.2) is 87.7 Å². The molecule has 1 aliphatic heterocycles. The summed E-state index contributed by atoms with van der Waals surface area (Å²) in [6.07, 6.45) is 5.93. The second kappa shape index (κ2) is 10.1. The van der Waals surface area contributed by atoms with Gasteiger partial charge in [0.2, 0.25) is 5.88 Å². The van der Waals surface area contributed by atoms with Crippen molar-refractivity contribution in [2.24, 2.45) is 0 Å². The lowest BCUT2D eigenvalue weighted by Crippen LogP contribution is -2.52. The van der Waals surface area contributed by atoms with Crippen molar-refractivity contribution < 1.29 is 23.9 Å². The van der Waals surface area contributed by atoms with E-state index in [1.165, 1.54) is 43.9 Å². The van der Waals surface area contributed by atoms with Gasteiger partial charge < -0.3 is 24.3 Å². The van der Waals surface area contributed by atoms with Gasteiger partial charge in [0.1, 0.15) is 17.1 Å². The largest absolute Gasteiger partial charge is 0.494 e. The van der Waals surface area contributed by atoms with Crippen molar-refractivity contribution in [3.63, 3.8) is 0 Å². The van der Waals surface area contributed by atoms with E-state index in [-0.39, 0.29) is 24.6 Å². The number of Topliss-reactive ketones (excluding diaryl/α,β-unsaturated/α-hetero) is 1. The summed E-state index contributed by atoms with van der Waals surface area (Å²) < 4.78 is 10.5. The maximum atomic E-state index is 13.3. The molecule has 1 N–H and O–H groups in total. The Bertz CT molecular complexity index is 1460. The van der Waals surface area contributed by atoms with Crippen LogP contribution in [0.5, 0.6) is 11.6 Å². The monoisotopic (exact) mass is 500 g/mol. The highest BCUT2D eigenvalue weighted by Crippen LogP contribution is 2.34. The quantitative estimate of drug-likeness (QED) is 0.315. The number of aromatic amines is 1. The van der Waals surface area contributed by atoms with E-state index in [2.05, 4.69) is 19.9 Å². The standard InChI is InChI=1S/C26H24N6O5/c1-36-19-14-30-22(18-13-28-20(37-2)15-27-18)23-21(19)17(12-29-23)24(33)26(35)32-10-8-31(9-11-32)25(34)16-6-4-3-5-7-16/h3-7,12-15,29H,8-11H2,1-2H3. The number of aromatic nitrogens is 4. The number of carbonyl (C=O) groups is 3. The fourth-order valence-corrected chi connectivity index (χ4v) is 4.32. The van der Waals surface area contributed by atoms with E-state index >= 15 is 0 Å². The van der Waals surface area contributed by atoms with Crippen molar-refractivity contribution >= 4 is 28.5 Å². The molecule has 0 aliphatic carbocycles. The molecule has 188 valence electrons. The topological polar surface area (TPSA) is 131 Å². The molecule has 5 rings (SSSR count). The minimum atomic E-state index is -0.676. The predicted molar refractivity (Wildman–Crippen MR) is 133 cm³/mol. The van der Waals surface area contributed by atoms with Crippen LogP contribution in [0.1, 0.15) is 20.7 Å². The molecule has 4 heterocycles. The van der Waals surface area contributed by atoms with E-state index < -0.39 is 11.7 Å². The summed E-state index contributed by atoms with van der Waals surface area (Å²) in [6, 6.07) is 8.98. The second-order valence-corrected chi connectivity index (χ2v) is 8.35. The van der Waals surface area contributed by atoms with Crippen molar-refractivity contribution in [2.45, 2.75) is 0 Å². The molecule has 37 heavy (non-hydrogen) atoms. The number of H-pyrrole nitrogens is 1. The third-order valence-corrected chi connectivity index (χ3v) is 6.29. The number of hydrogen-bond acceptors (Lipinski definition) is 8. The van der Waals surface area contributed by atoms with E-state index in [0.29, 0.717) is 52.6 Å². The molecule has 0 atom stereocenters. The average Bonchev–Trinajstić information content (AvgIpc) is 3.41.